The minimum atomic E-state index is 0.318. The summed E-state index contributed by atoms with van der Waals surface area (Å²) in [5.41, 5.74) is 0. The van der Waals surface area contributed by atoms with E-state index in [9.17, 15) is 4.79 Å². The van der Waals surface area contributed by atoms with Crippen LogP contribution in [0.25, 0.3) is 0 Å². The molecule has 0 atom stereocenters. The quantitative estimate of drug-likeness (QED) is 0.634. The number of likely N-dealkylation sites (N-methyl/N-ethyl adjacent to an activating group) is 1. The summed E-state index contributed by atoms with van der Waals surface area (Å²) in [6.07, 6.45) is 0.684. The van der Waals surface area contributed by atoms with Crippen molar-refractivity contribution in [1.82, 2.24) is 9.80 Å². The third-order valence-electron chi connectivity index (χ3n) is 2.40. The van der Waals surface area contributed by atoms with Crippen LogP contribution in [0.1, 0.15) is 20.3 Å². The van der Waals surface area contributed by atoms with E-state index in [1.165, 1.54) is 0 Å². The second kappa shape index (κ2) is 4.61. The van der Waals surface area contributed by atoms with Crippen molar-refractivity contribution in [1.29, 1.82) is 0 Å². The van der Waals surface area contributed by atoms with Crippen molar-refractivity contribution in [3.63, 3.8) is 0 Å². The maximum Gasteiger partial charge on any atom is 0.223 e. The van der Waals surface area contributed by atoms with Crippen LogP contribution in [-0.4, -0.2) is 48.9 Å². The topological polar surface area (TPSA) is 23.6 Å². The van der Waals surface area contributed by atoms with Crippen LogP contribution in [-0.2, 0) is 4.79 Å². The lowest BCUT2D eigenvalue weighted by molar-refractivity contribution is -0.130. The van der Waals surface area contributed by atoms with Gasteiger partial charge in [-0.1, -0.05) is 13.8 Å². The maximum atomic E-state index is 11.6. The lowest BCUT2D eigenvalue weighted by atomic mass is 10.2. The fourth-order valence-electron chi connectivity index (χ4n) is 1.61. The molecule has 0 radical (unpaired) electrons. The molecule has 1 saturated heterocycles. The third-order valence-corrected chi connectivity index (χ3v) is 2.40. The first-order valence-corrected chi connectivity index (χ1v) is 5.06. The molecule has 76 valence electrons. The molecule has 0 N–H and O–H groups in total. The molecular formula is C10H20N2O. The zero-order valence-corrected chi connectivity index (χ0v) is 8.92. The minimum Gasteiger partial charge on any atom is -0.341 e. The minimum absolute atomic E-state index is 0.318. The van der Waals surface area contributed by atoms with Crippen LogP contribution in [0.3, 0.4) is 0 Å². The number of hydrogen-bond acceptors (Lipinski definition) is 2. The molecule has 0 aromatic rings. The van der Waals surface area contributed by atoms with Gasteiger partial charge in [-0.2, -0.15) is 0 Å². The van der Waals surface area contributed by atoms with Gasteiger partial charge < -0.3 is 9.80 Å². The van der Waals surface area contributed by atoms with Gasteiger partial charge in [-0.25, -0.2) is 0 Å². The molecule has 1 amide bonds. The summed E-state index contributed by atoms with van der Waals surface area (Å²) in [6.45, 7) is 8.04. The van der Waals surface area contributed by atoms with E-state index in [0.29, 0.717) is 18.2 Å². The largest absolute Gasteiger partial charge is 0.341 e. The second-order valence-electron chi connectivity index (χ2n) is 4.29. The SMILES string of the molecule is CC(C)CN1CCN(C)CCC1=O. The van der Waals surface area contributed by atoms with Gasteiger partial charge in [-0.15, -0.1) is 0 Å². The summed E-state index contributed by atoms with van der Waals surface area (Å²) in [6, 6.07) is 0. The standard InChI is InChI=1S/C10H20N2O/c1-9(2)8-12-7-6-11(3)5-4-10(12)13/h9H,4-8H2,1-3H3. The van der Waals surface area contributed by atoms with Crippen LogP contribution in [0.4, 0.5) is 0 Å². The Morgan fingerprint density at radius 1 is 1.31 bits per heavy atom. The Morgan fingerprint density at radius 3 is 2.62 bits per heavy atom. The van der Waals surface area contributed by atoms with E-state index >= 15 is 0 Å². The molecule has 3 nitrogen and oxygen atoms in total. The second-order valence-corrected chi connectivity index (χ2v) is 4.29. The van der Waals surface area contributed by atoms with Crippen LogP contribution in [0.15, 0.2) is 0 Å². The van der Waals surface area contributed by atoms with Gasteiger partial charge >= 0.3 is 0 Å². The molecule has 1 fully saturated rings. The van der Waals surface area contributed by atoms with Gasteiger partial charge in [-0.3, -0.25) is 4.79 Å². The molecule has 0 unspecified atom stereocenters. The monoisotopic (exact) mass is 184 g/mol. The molecule has 1 heterocycles. The molecule has 13 heavy (non-hydrogen) atoms. The number of amides is 1. The molecule has 1 aliphatic heterocycles. The summed E-state index contributed by atoms with van der Waals surface area (Å²) in [5.74, 6) is 0.894. The molecule has 1 aliphatic rings. The van der Waals surface area contributed by atoms with Crippen LogP contribution in [0.5, 0.6) is 0 Å². The highest BCUT2D eigenvalue weighted by Gasteiger charge is 2.18. The molecule has 1 rings (SSSR count). The van der Waals surface area contributed by atoms with Crippen molar-refractivity contribution in [2.24, 2.45) is 5.92 Å². The lowest BCUT2D eigenvalue weighted by Crippen LogP contribution is -2.35. The molecule has 0 aliphatic carbocycles. The van der Waals surface area contributed by atoms with Crippen LogP contribution in [0.2, 0.25) is 0 Å². The highest BCUT2D eigenvalue weighted by molar-refractivity contribution is 5.76. The van der Waals surface area contributed by atoms with E-state index in [4.69, 9.17) is 0 Å². The molecular weight excluding hydrogens is 164 g/mol. The Balaban J connectivity index is 2.47. The smallest absolute Gasteiger partial charge is 0.223 e. The predicted octanol–water partition coefficient (Wildman–Crippen LogP) is 0.806. The first-order valence-electron chi connectivity index (χ1n) is 5.06. The van der Waals surface area contributed by atoms with Crippen LogP contribution < -0.4 is 0 Å². The summed E-state index contributed by atoms with van der Waals surface area (Å²) in [5, 5.41) is 0. The van der Waals surface area contributed by atoms with E-state index in [-0.39, 0.29) is 0 Å². The van der Waals surface area contributed by atoms with Crippen LogP contribution >= 0.6 is 0 Å². The average molecular weight is 184 g/mol. The van der Waals surface area contributed by atoms with Crippen molar-refractivity contribution >= 4 is 5.91 Å². The molecule has 0 aromatic carbocycles. The first kappa shape index (κ1) is 10.5. The Hall–Kier alpha value is -0.570. The molecule has 0 saturated carbocycles. The zero-order chi connectivity index (χ0) is 9.84. The fraction of sp³-hybridized carbons (Fsp3) is 0.900. The Labute approximate surface area is 80.7 Å². The molecule has 0 spiro atoms. The molecule has 3 heteroatoms. The number of rotatable bonds is 2. The first-order chi connectivity index (χ1) is 6.09. The number of carbonyl (C=O) groups is 1. The number of carbonyl (C=O) groups excluding carboxylic acids is 1. The Bertz CT molecular complexity index is 180. The zero-order valence-electron chi connectivity index (χ0n) is 8.92. The van der Waals surface area contributed by atoms with E-state index < -0.39 is 0 Å². The van der Waals surface area contributed by atoms with Crippen molar-refractivity contribution < 1.29 is 4.79 Å². The average Bonchev–Trinajstić information content (AvgIpc) is 2.19. The summed E-state index contributed by atoms with van der Waals surface area (Å²) in [7, 11) is 2.08. The van der Waals surface area contributed by atoms with E-state index in [1.807, 2.05) is 4.90 Å². The van der Waals surface area contributed by atoms with Gasteiger partial charge in [0.1, 0.15) is 0 Å². The van der Waals surface area contributed by atoms with Crippen molar-refractivity contribution in [3.05, 3.63) is 0 Å². The van der Waals surface area contributed by atoms with Crippen LogP contribution in [0, 0.1) is 5.92 Å². The number of nitrogens with zero attached hydrogens (tertiary/aromatic N) is 2. The van der Waals surface area contributed by atoms with Gasteiger partial charge in [0.2, 0.25) is 5.91 Å². The Kier molecular flexibility index (Phi) is 3.72. The van der Waals surface area contributed by atoms with E-state index in [1.54, 1.807) is 0 Å². The van der Waals surface area contributed by atoms with Crippen molar-refractivity contribution in [2.75, 3.05) is 33.2 Å². The predicted molar refractivity (Wildman–Crippen MR) is 53.5 cm³/mol. The maximum absolute atomic E-state index is 11.6. The highest BCUT2D eigenvalue weighted by atomic mass is 16.2. The normalized spacial score (nSPS) is 20.9. The molecule has 0 aromatic heterocycles. The number of hydrogen-bond donors (Lipinski definition) is 0. The molecule has 0 bridgehead atoms. The van der Waals surface area contributed by atoms with Crippen molar-refractivity contribution in [3.8, 4) is 0 Å². The van der Waals surface area contributed by atoms with Gasteiger partial charge in [0.05, 0.1) is 0 Å². The van der Waals surface area contributed by atoms with Gasteiger partial charge in [0, 0.05) is 32.6 Å². The van der Waals surface area contributed by atoms with E-state index in [0.717, 1.165) is 26.2 Å². The van der Waals surface area contributed by atoms with Gasteiger partial charge in [0.15, 0.2) is 0 Å². The van der Waals surface area contributed by atoms with Gasteiger partial charge in [-0.05, 0) is 13.0 Å². The van der Waals surface area contributed by atoms with Crippen molar-refractivity contribution in [2.45, 2.75) is 20.3 Å². The van der Waals surface area contributed by atoms with Gasteiger partial charge in [0.25, 0.3) is 0 Å². The fourth-order valence-corrected chi connectivity index (χ4v) is 1.61. The van der Waals surface area contributed by atoms with E-state index in [2.05, 4.69) is 25.8 Å². The summed E-state index contributed by atoms with van der Waals surface area (Å²) >= 11 is 0. The third kappa shape index (κ3) is 3.35. The summed E-state index contributed by atoms with van der Waals surface area (Å²) in [4.78, 5) is 15.8. The Morgan fingerprint density at radius 2 is 2.00 bits per heavy atom. The highest BCUT2D eigenvalue weighted by Crippen LogP contribution is 2.05. The lowest BCUT2D eigenvalue weighted by Gasteiger charge is -2.22. The summed E-state index contributed by atoms with van der Waals surface area (Å²) < 4.78 is 0.